The zero-order valence-electron chi connectivity index (χ0n) is 11.3. The van der Waals surface area contributed by atoms with Gasteiger partial charge in [-0.15, -0.1) is 0 Å². The summed E-state index contributed by atoms with van der Waals surface area (Å²) >= 11 is 0. The molecule has 0 aliphatic carbocycles. The van der Waals surface area contributed by atoms with Crippen molar-refractivity contribution < 1.29 is 14.6 Å². The molecular formula is C13H18N4O3. The number of carbonyl (C=O) groups excluding carboxylic acids is 1. The maximum absolute atomic E-state index is 11.9. The van der Waals surface area contributed by atoms with E-state index in [1.807, 2.05) is 0 Å². The summed E-state index contributed by atoms with van der Waals surface area (Å²) in [7, 11) is 0. The highest BCUT2D eigenvalue weighted by atomic mass is 16.5. The third-order valence-corrected chi connectivity index (χ3v) is 2.62. The third kappa shape index (κ3) is 4.79. The van der Waals surface area contributed by atoms with Crippen LogP contribution in [0.3, 0.4) is 0 Å². The van der Waals surface area contributed by atoms with Crippen LogP contribution in [0, 0.1) is 0 Å². The van der Waals surface area contributed by atoms with Gasteiger partial charge in [0.15, 0.2) is 0 Å². The molecule has 0 bridgehead atoms. The number of aromatic hydroxyl groups is 1. The Labute approximate surface area is 117 Å². The fourth-order valence-electron chi connectivity index (χ4n) is 1.72. The first-order valence-electron chi connectivity index (χ1n) is 6.39. The number of hydrogen-bond acceptors (Lipinski definition) is 5. The standard InChI is InChI=1S/C13H18N4O3/c1-2-20-13(19)12(15-8-5-9-16-17-14)10-6-3-4-7-11(10)18/h3-4,6-7,12,15,18H,2,5,8-9H2,1H3. The molecule has 0 fully saturated rings. The van der Waals surface area contributed by atoms with E-state index < -0.39 is 12.0 Å². The molecule has 108 valence electrons. The van der Waals surface area contributed by atoms with Crippen molar-refractivity contribution in [3.63, 3.8) is 0 Å². The number of phenolic OH excluding ortho intramolecular Hbond substituents is 1. The van der Waals surface area contributed by atoms with Gasteiger partial charge in [0, 0.05) is 17.0 Å². The normalized spacial score (nSPS) is 11.4. The summed E-state index contributed by atoms with van der Waals surface area (Å²) < 4.78 is 5.00. The fraction of sp³-hybridized carbons (Fsp3) is 0.462. The zero-order valence-corrected chi connectivity index (χ0v) is 11.3. The van der Waals surface area contributed by atoms with Gasteiger partial charge in [0.05, 0.1) is 6.61 Å². The van der Waals surface area contributed by atoms with Gasteiger partial charge in [-0.25, -0.2) is 4.79 Å². The molecular weight excluding hydrogens is 260 g/mol. The third-order valence-electron chi connectivity index (χ3n) is 2.62. The van der Waals surface area contributed by atoms with E-state index in [1.165, 1.54) is 6.07 Å². The van der Waals surface area contributed by atoms with Gasteiger partial charge in [-0.05, 0) is 31.5 Å². The molecule has 1 aromatic rings. The number of nitrogens with zero attached hydrogens (tertiary/aromatic N) is 3. The molecule has 0 spiro atoms. The number of hydrogen-bond donors (Lipinski definition) is 2. The van der Waals surface area contributed by atoms with Gasteiger partial charge in [-0.2, -0.15) is 0 Å². The second kappa shape index (κ2) is 8.79. The number of nitrogens with one attached hydrogen (secondary N) is 1. The van der Waals surface area contributed by atoms with Gasteiger partial charge in [0.2, 0.25) is 0 Å². The number of benzene rings is 1. The highest BCUT2D eigenvalue weighted by Crippen LogP contribution is 2.24. The largest absolute Gasteiger partial charge is 0.508 e. The van der Waals surface area contributed by atoms with Crippen molar-refractivity contribution in [3.05, 3.63) is 40.3 Å². The van der Waals surface area contributed by atoms with Crippen LogP contribution in [0.4, 0.5) is 0 Å². The molecule has 0 aliphatic heterocycles. The van der Waals surface area contributed by atoms with Gasteiger partial charge >= 0.3 is 5.97 Å². The zero-order chi connectivity index (χ0) is 14.8. The fourth-order valence-corrected chi connectivity index (χ4v) is 1.72. The predicted octanol–water partition coefficient (Wildman–Crippen LogP) is 2.29. The van der Waals surface area contributed by atoms with Crippen LogP contribution in [0.1, 0.15) is 24.9 Å². The van der Waals surface area contributed by atoms with Crippen LogP contribution in [0.25, 0.3) is 10.4 Å². The lowest BCUT2D eigenvalue weighted by atomic mass is 10.1. The summed E-state index contributed by atoms with van der Waals surface area (Å²) in [6.07, 6.45) is 0.591. The topological polar surface area (TPSA) is 107 Å². The monoisotopic (exact) mass is 278 g/mol. The number of carbonyl (C=O) groups is 1. The van der Waals surface area contributed by atoms with E-state index >= 15 is 0 Å². The highest BCUT2D eigenvalue weighted by molar-refractivity contribution is 5.78. The van der Waals surface area contributed by atoms with Crippen LogP contribution >= 0.6 is 0 Å². The minimum Gasteiger partial charge on any atom is -0.508 e. The Bertz CT molecular complexity index is 486. The smallest absolute Gasteiger partial charge is 0.327 e. The van der Waals surface area contributed by atoms with Gasteiger partial charge in [-0.3, -0.25) is 0 Å². The maximum Gasteiger partial charge on any atom is 0.327 e. The number of rotatable bonds is 8. The van der Waals surface area contributed by atoms with Crippen molar-refractivity contribution >= 4 is 5.97 Å². The van der Waals surface area contributed by atoms with Crippen molar-refractivity contribution in [1.29, 1.82) is 0 Å². The van der Waals surface area contributed by atoms with Crippen LogP contribution in [0.2, 0.25) is 0 Å². The van der Waals surface area contributed by atoms with Gasteiger partial charge in [0.1, 0.15) is 11.8 Å². The van der Waals surface area contributed by atoms with E-state index in [4.69, 9.17) is 10.3 Å². The van der Waals surface area contributed by atoms with Crippen molar-refractivity contribution in [2.75, 3.05) is 19.7 Å². The molecule has 1 rings (SSSR count). The van der Waals surface area contributed by atoms with E-state index in [2.05, 4.69) is 15.3 Å². The van der Waals surface area contributed by atoms with Crippen molar-refractivity contribution in [2.45, 2.75) is 19.4 Å². The van der Waals surface area contributed by atoms with Crippen molar-refractivity contribution in [1.82, 2.24) is 5.32 Å². The van der Waals surface area contributed by atoms with E-state index in [9.17, 15) is 9.90 Å². The number of para-hydroxylation sites is 1. The Kier molecular flexibility index (Phi) is 6.95. The van der Waals surface area contributed by atoms with Gasteiger partial charge in [-0.1, -0.05) is 23.3 Å². The Balaban J connectivity index is 2.73. The highest BCUT2D eigenvalue weighted by Gasteiger charge is 2.23. The van der Waals surface area contributed by atoms with E-state index in [1.54, 1.807) is 25.1 Å². The first-order chi connectivity index (χ1) is 9.70. The lowest BCUT2D eigenvalue weighted by molar-refractivity contribution is -0.145. The van der Waals surface area contributed by atoms with Crippen LogP contribution in [0.5, 0.6) is 5.75 Å². The second-order valence-corrected chi connectivity index (χ2v) is 4.01. The van der Waals surface area contributed by atoms with Crippen molar-refractivity contribution in [2.24, 2.45) is 5.11 Å². The number of phenols is 1. The second-order valence-electron chi connectivity index (χ2n) is 4.01. The Morgan fingerprint density at radius 2 is 2.30 bits per heavy atom. The first-order valence-corrected chi connectivity index (χ1v) is 6.39. The molecule has 0 radical (unpaired) electrons. The van der Waals surface area contributed by atoms with Crippen LogP contribution < -0.4 is 5.32 Å². The molecule has 0 saturated heterocycles. The summed E-state index contributed by atoms with van der Waals surface area (Å²) in [5.74, 6) is -0.411. The molecule has 1 atom stereocenters. The molecule has 1 unspecified atom stereocenters. The van der Waals surface area contributed by atoms with E-state index in [-0.39, 0.29) is 12.4 Å². The Hall–Kier alpha value is -2.24. The summed E-state index contributed by atoms with van der Waals surface area (Å²) in [5, 5.41) is 16.2. The number of azide groups is 1. The van der Waals surface area contributed by atoms with Crippen LogP contribution in [0.15, 0.2) is 29.4 Å². The van der Waals surface area contributed by atoms with Crippen LogP contribution in [-0.2, 0) is 9.53 Å². The minimum absolute atomic E-state index is 0.0353. The quantitative estimate of drug-likeness (QED) is 0.250. The average Bonchev–Trinajstić information content (AvgIpc) is 2.44. The summed E-state index contributed by atoms with van der Waals surface area (Å²) in [5.41, 5.74) is 8.65. The minimum atomic E-state index is -0.734. The summed E-state index contributed by atoms with van der Waals surface area (Å²) in [6.45, 7) is 2.81. The molecule has 20 heavy (non-hydrogen) atoms. The number of ether oxygens (including phenoxy) is 1. The lowest BCUT2D eigenvalue weighted by Gasteiger charge is -2.18. The molecule has 1 aromatic carbocycles. The van der Waals surface area contributed by atoms with E-state index in [0.29, 0.717) is 25.1 Å². The molecule has 0 amide bonds. The first kappa shape index (κ1) is 15.8. The van der Waals surface area contributed by atoms with E-state index in [0.717, 1.165) is 0 Å². The van der Waals surface area contributed by atoms with Gasteiger partial charge < -0.3 is 15.2 Å². The van der Waals surface area contributed by atoms with Crippen molar-refractivity contribution in [3.8, 4) is 5.75 Å². The lowest BCUT2D eigenvalue weighted by Crippen LogP contribution is -2.31. The maximum atomic E-state index is 11.9. The molecule has 2 N–H and O–H groups in total. The molecule has 0 heterocycles. The molecule has 0 aromatic heterocycles. The summed E-state index contributed by atoms with van der Waals surface area (Å²) in [4.78, 5) is 14.6. The Morgan fingerprint density at radius 3 is 2.95 bits per heavy atom. The van der Waals surface area contributed by atoms with Gasteiger partial charge in [0.25, 0.3) is 0 Å². The Morgan fingerprint density at radius 1 is 1.55 bits per heavy atom. The summed E-state index contributed by atoms with van der Waals surface area (Å²) in [6, 6.07) is 5.87. The molecule has 7 heteroatoms. The molecule has 0 aliphatic rings. The SMILES string of the molecule is CCOC(=O)C(NCCCN=[N+]=[N-])c1ccccc1O. The average molecular weight is 278 g/mol. The van der Waals surface area contributed by atoms with Crippen LogP contribution in [-0.4, -0.2) is 30.8 Å². The molecule has 0 saturated carbocycles. The predicted molar refractivity (Wildman–Crippen MR) is 74.1 cm³/mol. The number of esters is 1. The molecule has 7 nitrogen and oxygen atoms in total.